The first-order valence-electron chi connectivity index (χ1n) is 16.0. The maximum atomic E-state index is 13.7. The summed E-state index contributed by atoms with van der Waals surface area (Å²) < 4.78 is 5.65. The van der Waals surface area contributed by atoms with Crippen molar-refractivity contribution < 1.29 is 14.3 Å². The van der Waals surface area contributed by atoms with E-state index in [0.29, 0.717) is 24.9 Å². The number of rotatable bonds is 9. The monoisotopic (exact) mass is 620 g/mol. The fourth-order valence-electron chi connectivity index (χ4n) is 6.54. The maximum absolute atomic E-state index is 13.7. The molecule has 2 heterocycles. The molecule has 0 bridgehead atoms. The summed E-state index contributed by atoms with van der Waals surface area (Å²) in [5.41, 5.74) is 0.753. The summed E-state index contributed by atoms with van der Waals surface area (Å²) in [6.45, 7) is 9.17. The number of nitrogens with one attached hydrogen (secondary N) is 2. The molecule has 9 heteroatoms. The average molecular weight is 621 g/mol. The number of likely N-dealkylation sites (tertiary alicyclic amines) is 2. The number of nitrogens with zero attached hydrogens (tertiary/aromatic N) is 2. The predicted octanol–water partition coefficient (Wildman–Crippen LogP) is 6.62. The van der Waals surface area contributed by atoms with Crippen LogP contribution in [0.2, 0.25) is 0 Å². The van der Waals surface area contributed by atoms with E-state index in [4.69, 9.17) is 17.0 Å². The molecular formula is C33H53ClN4O3S. The lowest BCUT2D eigenvalue weighted by Gasteiger charge is -2.37. The Balaban J connectivity index is 0.00000484. The Morgan fingerprint density at radius 2 is 1.62 bits per heavy atom. The van der Waals surface area contributed by atoms with Gasteiger partial charge in [0.2, 0.25) is 5.91 Å². The number of thiocarbonyl (C=S) groups is 1. The molecule has 3 fully saturated rings. The number of carbonyl (C=O) groups is 2. The highest BCUT2D eigenvalue weighted by atomic mass is 35.5. The Bertz CT molecular complexity index is 991. The molecule has 0 spiro atoms. The van der Waals surface area contributed by atoms with Gasteiger partial charge in [0, 0.05) is 32.2 Å². The van der Waals surface area contributed by atoms with Gasteiger partial charge >= 0.3 is 6.09 Å². The van der Waals surface area contributed by atoms with E-state index < -0.39 is 17.7 Å². The molecule has 0 radical (unpaired) electrons. The number of carbonyl (C=O) groups excluding carboxylic acids is 2. The van der Waals surface area contributed by atoms with Crippen LogP contribution < -0.4 is 10.6 Å². The largest absolute Gasteiger partial charge is 0.444 e. The third kappa shape index (κ3) is 11.0. The van der Waals surface area contributed by atoms with Gasteiger partial charge in [-0.15, -0.1) is 12.4 Å². The van der Waals surface area contributed by atoms with E-state index in [0.717, 1.165) is 63.1 Å². The molecule has 0 unspecified atom stereocenters. The lowest BCUT2D eigenvalue weighted by molar-refractivity contribution is -0.128. The minimum atomic E-state index is -0.597. The predicted molar refractivity (Wildman–Crippen MR) is 176 cm³/mol. The van der Waals surface area contributed by atoms with Crippen molar-refractivity contribution in [1.29, 1.82) is 0 Å². The van der Waals surface area contributed by atoms with E-state index >= 15 is 0 Å². The molecule has 1 saturated carbocycles. The fraction of sp³-hybridized carbons (Fsp3) is 0.727. The van der Waals surface area contributed by atoms with E-state index in [1.807, 2.05) is 20.8 Å². The van der Waals surface area contributed by atoms with E-state index in [-0.39, 0.29) is 24.4 Å². The first-order chi connectivity index (χ1) is 19.7. The molecule has 2 aliphatic heterocycles. The standard InChI is InChI=1S/C33H52N4O3S.ClH/c1-33(2,3)40-32(39)37-21-11-10-16-29(37)30(38)35-28(18-17-25-12-6-4-7-13-25)31(41)34-27-19-22-36(23-20-27)24-26-14-8-5-9-15-26;/h5,8-9,14-15,25,27-29H,4,6-7,10-13,16-24H2,1-3H3,(H,34,41)(H,35,38);1H/t28-,29+;/m1./s1. The summed E-state index contributed by atoms with van der Waals surface area (Å²) in [5, 5.41) is 6.95. The fourth-order valence-corrected chi connectivity index (χ4v) is 6.88. The number of hydrogen-bond donors (Lipinski definition) is 2. The lowest BCUT2D eigenvalue weighted by Crippen LogP contribution is -2.57. The molecule has 2 N–H and O–H groups in total. The first-order valence-corrected chi connectivity index (χ1v) is 16.5. The summed E-state index contributed by atoms with van der Waals surface area (Å²) in [6, 6.07) is 10.2. The van der Waals surface area contributed by atoms with Gasteiger partial charge < -0.3 is 15.4 Å². The smallest absolute Gasteiger partial charge is 0.410 e. The molecule has 2 atom stereocenters. The van der Waals surface area contributed by atoms with E-state index in [2.05, 4.69) is 45.9 Å². The molecule has 1 aromatic carbocycles. The number of halogens is 1. The van der Waals surface area contributed by atoms with Crippen molar-refractivity contribution in [3.05, 3.63) is 35.9 Å². The van der Waals surface area contributed by atoms with Crippen molar-refractivity contribution in [3.8, 4) is 0 Å². The molecule has 2 saturated heterocycles. The van der Waals surface area contributed by atoms with Crippen molar-refractivity contribution in [3.63, 3.8) is 0 Å². The molecule has 236 valence electrons. The molecule has 3 aliphatic rings. The van der Waals surface area contributed by atoms with Gasteiger partial charge in [0.1, 0.15) is 11.6 Å². The van der Waals surface area contributed by atoms with Gasteiger partial charge in [-0.05, 0) is 77.2 Å². The highest BCUT2D eigenvalue weighted by molar-refractivity contribution is 7.80. The van der Waals surface area contributed by atoms with Crippen molar-refractivity contribution in [2.24, 2.45) is 5.92 Å². The highest BCUT2D eigenvalue weighted by Crippen LogP contribution is 2.28. The Morgan fingerprint density at radius 1 is 0.952 bits per heavy atom. The number of hydrogen-bond acceptors (Lipinski definition) is 5. The number of amides is 2. The SMILES string of the molecule is CC(C)(C)OC(=O)N1CCCC[C@H]1C(=O)N[C@H](CCC1CCCCC1)C(=S)NC1CCN(Cc2ccccc2)CC1.Cl. The zero-order valence-corrected chi connectivity index (χ0v) is 27.6. The summed E-state index contributed by atoms with van der Waals surface area (Å²) in [7, 11) is 0. The van der Waals surface area contributed by atoms with Gasteiger partial charge in [0.25, 0.3) is 0 Å². The Hall–Kier alpha value is -1.90. The zero-order chi connectivity index (χ0) is 29.2. The van der Waals surface area contributed by atoms with Crippen LogP contribution in [-0.4, -0.2) is 70.1 Å². The average Bonchev–Trinajstić information content (AvgIpc) is 2.96. The third-order valence-corrected chi connectivity index (χ3v) is 9.24. The summed E-state index contributed by atoms with van der Waals surface area (Å²) in [4.78, 5) is 31.5. The van der Waals surface area contributed by atoms with Gasteiger partial charge in [-0.3, -0.25) is 14.6 Å². The van der Waals surface area contributed by atoms with Gasteiger partial charge in [0.05, 0.1) is 11.0 Å². The van der Waals surface area contributed by atoms with Crippen molar-refractivity contribution in [2.45, 2.75) is 128 Å². The van der Waals surface area contributed by atoms with Crippen LogP contribution in [0.1, 0.15) is 103 Å². The van der Waals surface area contributed by atoms with Crippen LogP contribution in [0.4, 0.5) is 4.79 Å². The van der Waals surface area contributed by atoms with E-state index in [9.17, 15) is 9.59 Å². The molecule has 2 amide bonds. The summed E-state index contributed by atoms with van der Waals surface area (Å²) in [6.07, 6.45) is 12.5. The summed E-state index contributed by atoms with van der Waals surface area (Å²) >= 11 is 5.99. The van der Waals surface area contributed by atoms with Crippen molar-refractivity contribution in [2.75, 3.05) is 19.6 Å². The molecule has 0 aromatic heterocycles. The van der Waals surface area contributed by atoms with Crippen LogP contribution in [-0.2, 0) is 16.1 Å². The van der Waals surface area contributed by atoms with Gasteiger partial charge in [-0.2, -0.15) is 0 Å². The minimum absolute atomic E-state index is 0. The second-order valence-electron chi connectivity index (χ2n) is 13.4. The summed E-state index contributed by atoms with van der Waals surface area (Å²) in [5.74, 6) is 0.603. The van der Waals surface area contributed by atoms with E-state index in [1.165, 1.54) is 37.7 Å². The number of piperidine rings is 2. The van der Waals surface area contributed by atoms with Gasteiger partial charge in [0.15, 0.2) is 0 Å². The quantitative estimate of drug-likeness (QED) is 0.302. The van der Waals surface area contributed by atoms with Crippen LogP contribution in [0.25, 0.3) is 0 Å². The minimum Gasteiger partial charge on any atom is -0.444 e. The Labute approximate surface area is 265 Å². The molecule has 7 nitrogen and oxygen atoms in total. The normalized spacial score (nSPS) is 21.6. The lowest BCUT2D eigenvalue weighted by atomic mass is 9.85. The highest BCUT2D eigenvalue weighted by Gasteiger charge is 2.36. The first kappa shape index (κ1) is 34.6. The van der Waals surface area contributed by atoms with Crippen molar-refractivity contribution in [1.82, 2.24) is 20.4 Å². The van der Waals surface area contributed by atoms with Gasteiger partial charge in [-0.1, -0.05) is 74.7 Å². The third-order valence-electron chi connectivity index (χ3n) is 8.84. The van der Waals surface area contributed by atoms with Gasteiger partial charge in [-0.25, -0.2) is 4.79 Å². The zero-order valence-electron chi connectivity index (χ0n) is 25.9. The van der Waals surface area contributed by atoms with Crippen LogP contribution in [0.5, 0.6) is 0 Å². The number of benzene rings is 1. The topological polar surface area (TPSA) is 73.9 Å². The number of ether oxygens (including phenoxy) is 1. The molecule has 1 aromatic rings. The van der Waals surface area contributed by atoms with Crippen LogP contribution in [0, 0.1) is 5.92 Å². The molecule has 4 rings (SSSR count). The molecule has 1 aliphatic carbocycles. The van der Waals surface area contributed by atoms with Crippen molar-refractivity contribution >= 4 is 41.6 Å². The maximum Gasteiger partial charge on any atom is 0.410 e. The molecule has 42 heavy (non-hydrogen) atoms. The van der Waals surface area contributed by atoms with Crippen LogP contribution in [0.15, 0.2) is 30.3 Å². The second kappa shape index (κ2) is 16.8. The van der Waals surface area contributed by atoms with E-state index in [1.54, 1.807) is 4.90 Å². The second-order valence-corrected chi connectivity index (χ2v) is 13.8. The Kier molecular flexibility index (Phi) is 13.8. The van der Waals surface area contributed by atoms with Crippen LogP contribution in [0.3, 0.4) is 0 Å². The van der Waals surface area contributed by atoms with Crippen LogP contribution >= 0.6 is 24.6 Å². The Morgan fingerprint density at radius 3 is 2.29 bits per heavy atom. The molecular weight excluding hydrogens is 568 g/mol.